The van der Waals surface area contributed by atoms with Crippen molar-refractivity contribution in [3.63, 3.8) is 0 Å². The number of benzene rings is 1. The number of aliphatic hydroxyl groups excluding tert-OH is 1. The molecule has 2 aromatic heterocycles. The zero-order valence-electron chi connectivity index (χ0n) is 11.4. The van der Waals surface area contributed by atoms with Gasteiger partial charge in [0.25, 0.3) is 5.56 Å². The maximum atomic E-state index is 12.0. The van der Waals surface area contributed by atoms with Crippen molar-refractivity contribution in [3.8, 4) is 0 Å². The van der Waals surface area contributed by atoms with Crippen molar-refractivity contribution < 1.29 is 5.11 Å². The molecule has 3 N–H and O–H groups in total. The van der Waals surface area contributed by atoms with E-state index in [1.54, 1.807) is 17.1 Å². The van der Waals surface area contributed by atoms with Crippen molar-refractivity contribution >= 4 is 16.6 Å². The molecule has 0 saturated carbocycles. The summed E-state index contributed by atoms with van der Waals surface area (Å²) < 4.78 is 1.65. The number of nitrogens with zero attached hydrogens (tertiary/aromatic N) is 2. The average Bonchev–Trinajstić information content (AvgIpc) is 2.93. The summed E-state index contributed by atoms with van der Waals surface area (Å²) in [5, 5.41) is 17.1. The molecule has 0 radical (unpaired) electrons. The Morgan fingerprint density at radius 2 is 2.19 bits per heavy atom. The Hall–Kier alpha value is -2.60. The van der Waals surface area contributed by atoms with Crippen LogP contribution >= 0.6 is 0 Å². The number of hydrogen-bond donors (Lipinski definition) is 3. The molecular formula is C15H16N4O2. The van der Waals surface area contributed by atoms with Crippen LogP contribution in [0.25, 0.3) is 10.9 Å². The summed E-state index contributed by atoms with van der Waals surface area (Å²) >= 11 is 0. The van der Waals surface area contributed by atoms with E-state index in [4.69, 9.17) is 5.11 Å². The molecular weight excluding hydrogens is 268 g/mol. The predicted molar refractivity (Wildman–Crippen MR) is 81.2 cm³/mol. The van der Waals surface area contributed by atoms with Crippen LogP contribution in [0.4, 0.5) is 5.69 Å². The Kier molecular flexibility index (Phi) is 3.70. The first-order chi connectivity index (χ1) is 10.3. The van der Waals surface area contributed by atoms with E-state index < -0.39 is 0 Å². The zero-order chi connectivity index (χ0) is 14.7. The SMILES string of the molecule is O=c1[nH]c2ccccc2cc1CNc1cnn(CCO)c1. The fraction of sp³-hybridized carbons (Fsp3) is 0.200. The van der Waals surface area contributed by atoms with E-state index in [2.05, 4.69) is 15.4 Å². The summed E-state index contributed by atoms with van der Waals surface area (Å²) in [5.74, 6) is 0. The van der Waals surface area contributed by atoms with Gasteiger partial charge in [-0.3, -0.25) is 9.48 Å². The molecule has 21 heavy (non-hydrogen) atoms. The standard InChI is InChI=1S/C15H16N4O2/c20-6-5-19-10-13(9-17-19)16-8-12-7-11-3-1-2-4-14(11)18-15(12)21/h1-4,7,9-10,16,20H,5-6,8H2,(H,18,21). The maximum absolute atomic E-state index is 12.0. The highest BCUT2D eigenvalue weighted by atomic mass is 16.3. The number of anilines is 1. The minimum absolute atomic E-state index is 0.0471. The van der Waals surface area contributed by atoms with Crippen LogP contribution in [-0.2, 0) is 13.1 Å². The van der Waals surface area contributed by atoms with Crippen LogP contribution in [0.15, 0.2) is 47.5 Å². The largest absolute Gasteiger partial charge is 0.394 e. The summed E-state index contributed by atoms with van der Waals surface area (Å²) in [6, 6.07) is 9.57. The number of aromatic nitrogens is 3. The fourth-order valence-corrected chi connectivity index (χ4v) is 2.20. The third kappa shape index (κ3) is 2.95. The van der Waals surface area contributed by atoms with Gasteiger partial charge in [0.1, 0.15) is 0 Å². The normalized spacial score (nSPS) is 10.9. The molecule has 6 nitrogen and oxygen atoms in total. The van der Waals surface area contributed by atoms with Crippen LogP contribution in [0.5, 0.6) is 0 Å². The molecule has 0 spiro atoms. The number of para-hydroxylation sites is 1. The van der Waals surface area contributed by atoms with Gasteiger partial charge < -0.3 is 15.4 Å². The second kappa shape index (κ2) is 5.80. The molecule has 0 atom stereocenters. The first kappa shape index (κ1) is 13.4. The molecule has 0 amide bonds. The van der Waals surface area contributed by atoms with Crippen molar-refractivity contribution in [1.29, 1.82) is 0 Å². The van der Waals surface area contributed by atoms with E-state index in [9.17, 15) is 4.79 Å². The van der Waals surface area contributed by atoms with Crippen LogP contribution in [0.3, 0.4) is 0 Å². The van der Waals surface area contributed by atoms with Gasteiger partial charge in [-0.1, -0.05) is 18.2 Å². The van der Waals surface area contributed by atoms with E-state index in [1.807, 2.05) is 30.3 Å². The molecule has 0 unspecified atom stereocenters. The predicted octanol–water partition coefficient (Wildman–Crippen LogP) is 1.33. The fourth-order valence-electron chi connectivity index (χ4n) is 2.20. The van der Waals surface area contributed by atoms with E-state index in [0.29, 0.717) is 18.7 Å². The summed E-state index contributed by atoms with van der Waals surface area (Å²) in [4.78, 5) is 14.9. The van der Waals surface area contributed by atoms with Crippen molar-refractivity contribution in [1.82, 2.24) is 14.8 Å². The highest BCUT2D eigenvalue weighted by molar-refractivity contribution is 5.78. The third-order valence-electron chi connectivity index (χ3n) is 3.28. The van der Waals surface area contributed by atoms with Crippen LogP contribution in [0.1, 0.15) is 5.56 Å². The van der Waals surface area contributed by atoms with Gasteiger partial charge in [-0.05, 0) is 17.5 Å². The van der Waals surface area contributed by atoms with Crippen molar-refractivity contribution in [2.24, 2.45) is 0 Å². The van der Waals surface area contributed by atoms with Gasteiger partial charge in [0.15, 0.2) is 0 Å². The molecule has 0 aliphatic rings. The smallest absolute Gasteiger partial charge is 0.253 e. The number of pyridine rings is 1. The maximum Gasteiger partial charge on any atom is 0.253 e. The quantitative estimate of drug-likeness (QED) is 0.660. The van der Waals surface area contributed by atoms with E-state index in [0.717, 1.165) is 16.6 Å². The first-order valence-corrected chi connectivity index (χ1v) is 6.74. The number of rotatable bonds is 5. The molecule has 0 bridgehead atoms. The Labute approximate surface area is 121 Å². The number of hydrogen-bond acceptors (Lipinski definition) is 4. The van der Waals surface area contributed by atoms with Crippen LogP contribution in [0, 0.1) is 0 Å². The summed E-state index contributed by atoms with van der Waals surface area (Å²) in [7, 11) is 0. The van der Waals surface area contributed by atoms with E-state index in [1.165, 1.54) is 0 Å². The van der Waals surface area contributed by atoms with Gasteiger partial charge >= 0.3 is 0 Å². The first-order valence-electron chi connectivity index (χ1n) is 6.74. The Morgan fingerprint density at radius 3 is 3.05 bits per heavy atom. The zero-order valence-corrected chi connectivity index (χ0v) is 11.4. The lowest BCUT2D eigenvalue weighted by molar-refractivity contribution is 0.269. The minimum atomic E-state index is -0.0936. The van der Waals surface area contributed by atoms with Crippen LogP contribution < -0.4 is 10.9 Å². The molecule has 6 heteroatoms. The second-order valence-electron chi connectivity index (χ2n) is 4.78. The number of aromatic amines is 1. The third-order valence-corrected chi connectivity index (χ3v) is 3.28. The molecule has 0 aliphatic heterocycles. The summed E-state index contributed by atoms with van der Waals surface area (Å²) in [6.07, 6.45) is 3.47. The van der Waals surface area contributed by atoms with Crippen molar-refractivity contribution in [3.05, 3.63) is 58.6 Å². The summed E-state index contributed by atoms with van der Waals surface area (Å²) in [6.45, 7) is 0.925. The lowest BCUT2D eigenvalue weighted by Crippen LogP contribution is -2.15. The Balaban J connectivity index is 1.78. The second-order valence-corrected chi connectivity index (χ2v) is 4.78. The van der Waals surface area contributed by atoms with Gasteiger partial charge in [0, 0.05) is 23.8 Å². The molecule has 0 saturated heterocycles. The molecule has 3 aromatic rings. The lowest BCUT2D eigenvalue weighted by atomic mass is 10.1. The molecule has 0 aliphatic carbocycles. The highest BCUT2D eigenvalue weighted by Crippen LogP contribution is 2.11. The van der Waals surface area contributed by atoms with E-state index >= 15 is 0 Å². The van der Waals surface area contributed by atoms with Crippen LogP contribution in [0.2, 0.25) is 0 Å². The van der Waals surface area contributed by atoms with Gasteiger partial charge in [0.2, 0.25) is 0 Å². The number of nitrogens with one attached hydrogen (secondary N) is 2. The molecule has 2 heterocycles. The highest BCUT2D eigenvalue weighted by Gasteiger charge is 2.04. The van der Waals surface area contributed by atoms with Gasteiger partial charge in [-0.25, -0.2) is 0 Å². The van der Waals surface area contributed by atoms with Crippen molar-refractivity contribution in [2.75, 3.05) is 11.9 Å². The minimum Gasteiger partial charge on any atom is -0.394 e. The van der Waals surface area contributed by atoms with Gasteiger partial charge in [-0.15, -0.1) is 0 Å². The van der Waals surface area contributed by atoms with Gasteiger partial charge in [-0.2, -0.15) is 5.10 Å². The summed E-state index contributed by atoms with van der Waals surface area (Å²) in [5.41, 5.74) is 2.23. The molecule has 1 aromatic carbocycles. The average molecular weight is 284 g/mol. The monoisotopic (exact) mass is 284 g/mol. The Bertz CT molecular complexity index is 807. The lowest BCUT2D eigenvalue weighted by Gasteiger charge is -2.05. The number of aliphatic hydroxyl groups is 1. The van der Waals surface area contributed by atoms with Crippen LogP contribution in [-0.4, -0.2) is 26.5 Å². The Morgan fingerprint density at radius 1 is 1.33 bits per heavy atom. The molecule has 0 fully saturated rings. The van der Waals surface area contributed by atoms with E-state index in [-0.39, 0.29) is 12.2 Å². The number of fused-ring (bicyclic) bond motifs is 1. The number of H-pyrrole nitrogens is 1. The topological polar surface area (TPSA) is 82.9 Å². The molecule has 3 rings (SSSR count). The van der Waals surface area contributed by atoms with Gasteiger partial charge in [0.05, 0.1) is 25.0 Å². The van der Waals surface area contributed by atoms with Crippen molar-refractivity contribution in [2.45, 2.75) is 13.1 Å². The molecule has 108 valence electrons.